The average molecular weight is 290 g/mol. The first-order valence-electron chi connectivity index (χ1n) is 6.86. The molecule has 1 aromatic rings. The summed E-state index contributed by atoms with van der Waals surface area (Å²) in [5.74, 6) is -1.20. The van der Waals surface area contributed by atoms with Crippen molar-refractivity contribution in [1.82, 2.24) is 10.2 Å². The fourth-order valence-corrected chi connectivity index (χ4v) is 2.67. The molecule has 4 amide bonds. The van der Waals surface area contributed by atoms with Crippen LogP contribution in [0, 0.1) is 18.2 Å². The average Bonchev–Trinajstić information content (AvgIpc) is 3.20. The minimum Gasteiger partial charge on any atom is -0.277 e. The van der Waals surface area contributed by atoms with Crippen molar-refractivity contribution in [2.75, 3.05) is 6.54 Å². The molecule has 1 aromatic carbocycles. The number of benzene rings is 1. The number of carbonyl (C=O) groups excluding carboxylic acids is 3. The van der Waals surface area contributed by atoms with E-state index in [1.165, 1.54) is 12.1 Å². The highest BCUT2D eigenvalue weighted by molar-refractivity contribution is 6.20. The Morgan fingerprint density at radius 1 is 1.29 bits per heavy atom. The summed E-state index contributed by atoms with van der Waals surface area (Å²) in [7, 11) is 0. The van der Waals surface area contributed by atoms with E-state index in [0.717, 1.165) is 16.0 Å². The van der Waals surface area contributed by atoms with Crippen molar-refractivity contribution in [3.05, 3.63) is 35.1 Å². The van der Waals surface area contributed by atoms with Crippen LogP contribution in [0.2, 0.25) is 0 Å². The molecule has 3 rings (SSSR count). The standard InChI is InChI=1S/C15H15FN2O3/c1-9-8-11(16)3-2-10(9)4-7-18-13(20)15(5-6-15)12(19)17-14(18)21/h2-3,8H,4-7H2,1H3,(H,17,19,21). The number of hydrogen-bond acceptors (Lipinski definition) is 3. The number of barbiturate groups is 1. The van der Waals surface area contributed by atoms with Crippen LogP contribution in [0.4, 0.5) is 9.18 Å². The Hall–Kier alpha value is -2.24. The highest BCUT2D eigenvalue weighted by atomic mass is 19.1. The highest BCUT2D eigenvalue weighted by Gasteiger charge is 2.61. The van der Waals surface area contributed by atoms with Gasteiger partial charge in [0.25, 0.3) is 0 Å². The summed E-state index contributed by atoms with van der Waals surface area (Å²) in [6.07, 6.45) is 1.43. The number of nitrogens with one attached hydrogen (secondary N) is 1. The van der Waals surface area contributed by atoms with Crippen molar-refractivity contribution in [2.45, 2.75) is 26.2 Å². The van der Waals surface area contributed by atoms with Gasteiger partial charge in [-0.15, -0.1) is 0 Å². The van der Waals surface area contributed by atoms with Gasteiger partial charge in [0.05, 0.1) is 0 Å². The first-order chi connectivity index (χ1) is 9.94. The second-order valence-electron chi connectivity index (χ2n) is 5.62. The summed E-state index contributed by atoms with van der Waals surface area (Å²) in [4.78, 5) is 36.9. The summed E-state index contributed by atoms with van der Waals surface area (Å²) in [5, 5.41) is 2.24. The number of rotatable bonds is 3. The van der Waals surface area contributed by atoms with Gasteiger partial charge in [0.2, 0.25) is 11.8 Å². The van der Waals surface area contributed by atoms with Crippen LogP contribution in [0.25, 0.3) is 0 Å². The molecular weight excluding hydrogens is 275 g/mol. The van der Waals surface area contributed by atoms with Crippen LogP contribution >= 0.6 is 0 Å². The SMILES string of the molecule is Cc1cc(F)ccc1CCN1C(=O)NC(=O)C2(CC2)C1=O. The normalized spacial score (nSPS) is 19.9. The fourth-order valence-electron chi connectivity index (χ4n) is 2.67. The Balaban J connectivity index is 1.74. The molecule has 110 valence electrons. The summed E-state index contributed by atoms with van der Waals surface area (Å²) in [5.41, 5.74) is 0.641. The van der Waals surface area contributed by atoms with E-state index >= 15 is 0 Å². The molecule has 1 aliphatic heterocycles. The van der Waals surface area contributed by atoms with Gasteiger partial charge in [0.15, 0.2) is 0 Å². The zero-order valence-electron chi connectivity index (χ0n) is 11.6. The Labute approximate surface area is 121 Å². The minimum atomic E-state index is -1.01. The lowest BCUT2D eigenvalue weighted by Gasteiger charge is -2.30. The van der Waals surface area contributed by atoms with Crippen LogP contribution in [0.5, 0.6) is 0 Å². The van der Waals surface area contributed by atoms with Crippen molar-refractivity contribution in [1.29, 1.82) is 0 Å². The quantitative estimate of drug-likeness (QED) is 0.859. The molecule has 1 spiro atoms. The van der Waals surface area contributed by atoms with Crippen molar-refractivity contribution in [3.63, 3.8) is 0 Å². The molecule has 2 aliphatic rings. The third kappa shape index (κ3) is 2.20. The van der Waals surface area contributed by atoms with Crippen LogP contribution in [-0.2, 0) is 16.0 Å². The number of amides is 4. The summed E-state index contributed by atoms with van der Waals surface area (Å²) < 4.78 is 13.1. The van der Waals surface area contributed by atoms with Crippen molar-refractivity contribution < 1.29 is 18.8 Å². The lowest BCUT2D eigenvalue weighted by Crippen LogP contribution is -2.59. The maximum atomic E-state index is 13.1. The molecule has 1 N–H and O–H groups in total. The number of carbonyl (C=O) groups is 3. The van der Waals surface area contributed by atoms with E-state index in [1.54, 1.807) is 13.0 Å². The monoisotopic (exact) mass is 290 g/mol. The number of urea groups is 1. The number of nitrogens with zero attached hydrogens (tertiary/aromatic N) is 1. The minimum absolute atomic E-state index is 0.187. The molecular formula is C15H15FN2O3. The summed E-state index contributed by atoms with van der Waals surface area (Å²) >= 11 is 0. The van der Waals surface area contributed by atoms with Gasteiger partial charge >= 0.3 is 6.03 Å². The van der Waals surface area contributed by atoms with Crippen molar-refractivity contribution >= 4 is 17.8 Å². The van der Waals surface area contributed by atoms with Crippen LogP contribution in [-0.4, -0.2) is 29.3 Å². The van der Waals surface area contributed by atoms with E-state index in [-0.39, 0.29) is 12.4 Å². The number of halogens is 1. The van der Waals surface area contributed by atoms with Gasteiger partial charge in [-0.25, -0.2) is 9.18 Å². The predicted octanol–water partition coefficient (Wildman–Crippen LogP) is 1.54. The Bertz CT molecular complexity index is 652. The van der Waals surface area contributed by atoms with Crippen LogP contribution in [0.15, 0.2) is 18.2 Å². The topological polar surface area (TPSA) is 66.5 Å². The molecule has 1 aliphatic carbocycles. The molecule has 0 atom stereocenters. The van der Waals surface area contributed by atoms with E-state index in [0.29, 0.717) is 19.3 Å². The number of aryl methyl sites for hydroxylation is 1. The van der Waals surface area contributed by atoms with Crippen molar-refractivity contribution in [2.24, 2.45) is 5.41 Å². The molecule has 6 heteroatoms. The molecule has 21 heavy (non-hydrogen) atoms. The summed E-state index contributed by atoms with van der Waals surface area (Å²) in [6.45, 7) is 1.97. The van der Waals surface area contributed by atoms with Gasteiger partial charge in [-0.1, -0.05) is 6.07 Å². The molecule has 0 radical (unpaired) electrons. The van der Waals surface area contributed by atoms with Crippen LogP contribution in [0.1, 0.15) is 24.0 Å². The third-order valence-electron chi connectivity index (χ3n) is 4.21. The number of hydrogen-bond donors (Lipinski definition) is 1. The van der Waals surface area contributed by atoms with E-state index in [4.69, 9.17) is 0 Å². The second kappa shape index (κ2) is 4.65. The van der Waals surface area contributed by atoms with Gasteiger partial charge in [0, 0.05) is 6.54 Å². The van der Waals surface area contributed by atoms with E-state index < -0.39 is 23.3 Å². The van der Waals surface area contributed by atoms with Gasteiger partial charge in [-0.2, -0.15) is 0 Å². The molecule has 1 saturated heterocycles. The van der Waals surface area contributed by atoms with Gasteiger partial charge in [-0.3, -0.25) is 19.8 Å². The highest BCUT2D eigenvalue weighted by Crippen LogP contribution is 2.48. The molecule has 2 fully saturated rings. The maximum Gasteiger partial charge on any atom is 0.330 e. The molecule has 0 bridgehead atoms. The molecule has 0 unspecified atom stereocenters. The van der Waals surface area contributed by atoms with Crippen molar-refractivity contribution in [3.8, 4) is 0 Å². The lowest BCUT2D eigenvalue weighted by molar-refractivity contribution is -0.144. The molecule has 0 aromatic heterocycles. The van der Waals surface area contributed by atoms with E-state index in [2.05, 4.69) is 5.32 Å². The van der Waals surface area contributed by atoms with Gasteiger partial charge in [0.1, 0.15) is 11.2 Å². The first-order valence-corrected chi connectivity index (χ1v) is 6.86. The Morgan fingerprint density at radius 2 is 2.00 bits per heavy atom. The Morgan fingerprint density at radius 3 is 2.62 bits per heavy atom. The third-order valence-corrected chi connectivity index (χ3v) is 4.21. The summed E-state index contributed by atoms with van der Waals surface area (Å²) in [6, 6.07) is 3.75. The zero-order chi connectivity index (χ0) is 15.2. The fraction of sp³-hybridized carbons (Fsp3) is 0.400. The Kier molecular flexibility index (Phi) is 3.04. The largest absolute Gasteiger partial charge is 0.330 e. The second-order valence-corrected chi connectivity index (χ2v) is 5.62. The van der Waals surface area contributed by atoms with Crippen LogP contribution < -0.4 is 5.32 Å². The smallest absolute Gasteiger partial charge is 0.277 e. The number of imide groups is 2. The first kappa shape index (κ1) is 13.7. The van der Waals surface area contributed by atoms with Crippen LogP contribution in [0.3, 0.4) is 0 Å². The van der Waals surface area contributed by atoms with E-state index in [9.17, 15) is 18.8 Å². The maximum absolute atomic E-state index is 13.1. The molecule has 1 heterocycles. The zero-order valence-corrected chi connectivity index (χ0v) is 11.6. The van der Waals surface area contributed by atoms with E-state index in [1.807, 2.05) is 0 Å². The van der Waals surface area contributed by atoms with Gasteiger partial charge in [-0.05, 0) is 49.4 Å². The van der Waals surface area contributed by atoms with Gasteiger partial charge < -0.3 is 0 Å². The molecule has 5 nitrogen and oxygen atoms in total. The predicted molar refractivity (Wildman–Crippen MR) is 71.8 cm³/mol. The molecule has 1 saturated carbocycles. The lowest BCUT2D eigenvalue weighted by atomic mass is 10.0.